The van der Waals surface area contributed by atoms with Crippen molar-refractivity contribution in [3.05, 3.63) is 23.5 Å². The molecule has 0 aromatic rings. The first kappa shape index (κ1) is 20.4. The second-order valence-corrected chi connectivity index (χ2v) is 9.98. The number of carbonyl (C=O) groups excluding carboxylic acids is 3. The van der Waals surface area contributed by atoms with Crippen molar-refractivity contribution in [2.24, 2.45) is 28.6 Å². The van der Waals surface area contributed by atoms with Gasteiger partial charge in [-0.1, -0.05) is 25.5 Å². The van der Waals surface area contributed by atoms with Gasteiger partial charge in [-0.15, -0.1) is 0 Å². The molecule has 3 fully saturated rings. The molecule has 0 bridgehead atoms. The van der Waals surface area contributed by atoms with E-state index in [2.05, 4.69) is 19.9 Å². The van der Waals surface area contributed by atoms with E-state index in [1.54, 1.807) is 0 Å². The molecule has 0 aromatic carbocycles. The number of carbonyl (C=O) groups is 3. The van der Waals surface area contributed by atoms with Gasteiger partial charge in [-0.25, -0.2) is 0 Å². The predicted molar refractivity (Wildman–Crippen MR) is 107 cm³/mol. The van der Waals surface area contributed by atoms with E-state index in [1.165, 1.54) is 25.7 Å². The Labute approximate surface area is 172 Å². The SMILES string of the molecule is CC(=O)O/C=C1\CC2C3CC=C4CC(OC(C)=O)CCC4(C)C3CCC2(C)C1=O. The minimum absolute atomic E-state index is 0.00329. The largest absolute Gasteiger partial charge is 0.462 e. The first-order valence-electron chi connectivity index (χ1n) is 10.9. The fourth-order valence-corrected chi connectivity index (χ4v) is 6.89. The highest BCUT2D eigenvalue weighted by molar-refractivity contribution is 6.02. The van der Waals surface area contributed by atoms with Crippen molar-refractivity contribution < 1.29 is 23.9 Å². The Morgan fingerprint density at radius 1 is 1.03 bits per heavy atom. The fraction of sp³-hybridized carbons (Fsp3) is 0.708. The van der Waals surface area contributed by atoms with E-state index in [4.69, 9.17) is 9.47 Å². The zero-order valence-electron chi connectivity index (χ0n) is 18.0. The smallest absolute Gasteiger partial charge is 0.307 e. The van der Waals surface area contributed by atoms with E-state index in [9.17, 15) is 14.4 Å². The average molecular weight is 401 g/mol. The molecule has 5 heteroatoms. The highest BCUT2D eigenvalue weighted by Gasteiger charge is 2.60. The quantitative estimate of drug-likeness (QED) is 0.295. The van der Waals surface area contributed by atoms with E-state index >= 15 is 0 Å². The summed E-state index contributed by atoms with van der Waals surface area (Å²) < 4.78 is 10.6. The second-order valence-electron chi connectivity index (χ2n) is 9.98. The van der Waals surface area contributed by atoms with Crippen LogP contribution in [-0.4, -0.2) is 23.8 Å². The molecule has 0 spiro atoms. The molecule has 6 unspecified atom stereocenters. The molecule has 0 radical (unpaired) electrons. The summed E-state index contributed by atoms with van der Waals surface area (Å²) >= 11 is 0. The van der Waals surface area contributed by atoms with Gasteiger partial charge in [0.05, 0.1) is 0 Å². The lowest BCUT2D eigenvalue weighted by molar-refractivity contribution is -0.148. The van der Waals surface area contributed by atoms with Crippen molar-refractivity contribution in [1.29, 1.82) is 0 Å². The lowest BCUT2D eigenvalue weighted by Crippen LogP contribution is -2.50. The van der Waals surface area contributed by atoms with Crippen LogP contribution in [0, 0.1) is 28.6 Å². The zero-order chi connectivity index (χ0) is 21.0. The zero-order valence-corrected chi connectivity index (χ0v) is 18.0. The maximum atomic E-state index is 13.1. The summed E-state index contributed by atoms with van der Waals surface area (Å²) in [6, 6.07) is 0. The lowest BCUT2D eigenvalue weighted by atomic mass is 9.48. The molecule has 0 N–H and O–H groups in total. The van der Waals surface area contributed by atoms with Gasteiger partial charge in [-0.3, -0.25) is 14.4 Å². The number of rotatable bonds is 2. The molecule has 0 aromatic heterocycles. The van der Waals surface area contributed by atoms with Gasteiger partial charge < -0.3 is 9.47 Å². The van der Waals surface area contributed by atoms with Crippen LogP contribution in [0.3, 0.4) is 0 Å². The topological polar surface area (TPSA) is 69.7 Å². The Balaban J connectivity index is 1.59. The minimum atomic E-state index is -0.384. The molecule has 158 valence electrons. The average Bonchev–Trinajstić information content (AvgIpc) is 2.91. The van der Waals surface area contributed by atoms with Crippen LogP contribution in [0.2, 0.25) is 0 Å². The van der Waals surface area contributed by atoms with Crippen molar-refractivity contribution >= 4 is 17.7 Å². The number of ether oxygens (including phenoxy) is 2. The molecule has 0 saturated heterocycles. The number of esters is 2. The summed E-state index contributed by atoms with van der Waals surface area (Å²) in [5.41, 5.74) is 1.91. The third-order valence-electron chi connectivity index (χ3n) is 8.40. The standard InChI is InChI=1S/C24H32O5/c1-14(25)28-13-16-11-21-19-6-5-17-12-18(29-15(2)26)7-9-23(17,3)20(19)8-10-24(21,4)22(16)27/h5,13,18-21H,6-12H2,1-4H3/b16-13+. The van der Waals surface area contributed by atoms with Crippen molar-refractivity contribution in [1.82, 2.24) is 0 Å². The normalized spacial score (nSPS) is 42.4. The van der Waals surface area contributed by atoms with Gasteiger partial charge in [0.2, 0.25) is 0 Å². The number of hydrogen-bond acceptors (Lipinski definition) is 5. The van der Waals surface area contributed by atoms with Crippen molar-refractivity contribution in [3.8, 4) is 0 Å². The van der Waals surface area contributed by atoms with E-state index in [0.717, 1.165) is 38.5 Å². The summed E-state index contributed by atoms with van der Waals surface area (Å²) in [6.07, 6.45) is 10.2. The van der Waals surface area contributed by atoms with Crippen LogP contribution >= 0.6 is 0 Å². The molecule has 6 atom stereocenters. The number of fused-ring (bicyclic) bond motifs is 5. The third kappa shape index (κ3) is 3.27. The maximum absolute atomic E-state index is 13.1. The van der Waals surface area contributed by atoms with E-state index in [-0.39, 0.29) is 34.7 Å². The lowest BCUT2D eigenvalue weighted by Gasteiger charge is -2.56. The van der Waals surface area contributed by atoms with Gasteiger partial charge in [-0.2, -0.15) is 0 Å². The van der Waals surface area contributed by atoms with E-state index < -0.39 is 0 Å². The van der Waals surface area contributed by atoms with Crippen molar-refractivity contribution in [3.63, 3.8) is 0 Å². The monoisotopic (exact) mass is 400 g/mol. The van der Waals surface area contributed by atoms with Gasteiger partial charge in [0, 0.05) is 31.3 Å². The van der Waals surface area contributed by atoms with Crippen molar-refractivity contribution in [2.75, 3.05) is 0 Å². The van der Waals surface area contributed by atoms with Gasteiger partial charge in [0.1, 0.15) is 12.4 Å². The highest BCUT2D eigenvalue weighted by Crippen LogP contribution is 2.64. The van der Waals surface area contributed by atoms with Gasteiger partial charge in [0.25, 0.3) is 0 Å². The molecular formula is C24H32O5. The number of ketones is 1. The Bertz CT molecular complexity index is 808. The molecule has 3 saturated carbocycles. The van der Waals surface area contributed by atoms with Gasteiger partial charge >= 0.3 is 11.9 Å². The van der Waals surface area contributed by atoms with Crippen LogP contribution in [0.15, 0.2) is 23.5 Å². The van der Waals surface area contributed by atoms with Crippen molar-refractivity contribution in [2.45, 2.75) is 78.7 Å². The molecule has 0 aliphatic heterocycles. The molecular weight excluding hydrogens is 368 g/mol. The summed E-state index contributed by atoms with van der Waals surface area (Å²) in [5.74, 6) is 0.917. The first-order valence-corrected chi connectivity index (χ1v) is 10.9. The summed E-state index contributed by atoms with van der Waals surface area (Å²) in [6.45, 7) is 7.35. The third-order valence-corrected chi connectivity index (χ3v) is 8.40. The molecule has 0 heterocycles. The van der Waals surface area contributed by atoms with E-state index in [0.29, 0.717) is 29.7 Å². The number of allylic oxidation sites excluding steroid dienone is 2. The summed E-state index contributed by atoms with van der Waals surface area (Å²) in [5, 5.41) is 0. The maximum Gasteiger partial charge on any atom is 0.307 e. The predicted octanol–water partition coefficient (Wildman–Crippen LogP) is 4.51. The summed E-state index contributed by atoms with van der Waals surface area (Å²) in [4.78, 5) is 35.7. The van der Waals surface area contributed by atoms with Gasteiger partial charge in [-0.05, 0) is 61.7 Å². The number of hydrogen-bond donors (Lipinski definition) is 0. The first-order chi connectivity index (χ1) is 13.6. The van der Waals surface area contributed by atoms with Gasteiger partial charge in [0.15, 0.2) is 5.78 Å². The van der Waals surface area contributed by atoms with Crippen LogP contribution in [0.25, 0.3) is 0 Å². The fourth-order valence-electron chi connectivity index (χ4n) is 6.89. The van der Waals surface area contributed by atoms with E-state index in [1.807, 2.05) is 0 Å². The van der Waals surface area contributed by atoms with Crippen LogP contribution in [0.4, 0.5) is 0 Å². The summed E-state index contributed by atoms with van der Waals surface area (Å²) in [7, 11) is 0. The van der Waals surface area contributed by atoms with Crippen LogP contribution in [0.5, 0.6) is 0 Å². The Morgan fingerprint density at radius 2 is 1.76 bits per heavy atom. The van der Waals surface area contributed by atoms with Crippen LogP contribution < -0.4 is 0 Å². The molecule has 5 nitrogen and oxygen atoms in total. The Kier molecular flexibility index (Phi) is 4.99. The molecule has 4 aliphatic carbocycles. The van der Waals surface area contributed by atoms with Crippen LogP contribution in [-0.2, 0) is 23.9 Å². The highest BCUT2D eigenvalue weighted by atomic mass is 16.5. The van der Waals surface area contributed by atoms with Crippen LogP contribution in [0.1, 0.15) is 72.6 Å². The number of Topliss-reactive ketones (excluding diaryl/α,β-unsaturated/α-hetero) is 1. The molecule has 4 aliphatic rings. The molecule has 0 amide bonds. The Morgan fingerprint density at radius 3 is 2.45 bits per heavy atom. The Hall–Kier alpha value is -1.91. The second kappa shape index (κ2) is 7.10. The molecule has 4 rings (SSSR count). The minimum Gasteiger partial charge on any atom is -0.462 e. The molecule has 29 heavy (non-hydrogen) atoms.